The van der Waals surface area contributed by atoms with Crippen LogP contribution in [0.15, 0.2) is 12.7 Å². The molecule has 2 aromatic heterocycles. The Kier molecular flexibility index (Phi) is 2.91. The van der Waals surface area contributed by atoms with E-state index in [1.165, 1.54) is 24.9 Å². The van der Waals surface area contributed by atoms with Crippen molar-refractivity contribution in [3.05, 3.63) is 29.2 Å². The van der Waals surface area contributed by atoms with Gasteiger partial charge in [0.15, 0.2) is 16.7 Å². The van der Waals surface area contributed by atoms with Crippen LogP contribution in [0.25, 0.3) is 5.82 Å². The second kappa shape index (κ2) is 4.57. The second-order valence-corrected chi connectivity index (χ2v) is 4.59. The highest BCUT2D eigenvalue weighted by Crippen LogP contribution is 2.30. The Morgan fingerprint density at radius 3 is 2.89 bits per heavy atom. The maximum Gasteiger partial charge on any atom is 0.199 e. The van der Waals surface area contributed by atoms with Gasteiger partial charge in [0.1, 0.15) is 12.7 Å². The van der Waals surface area contributed by atoms with Gasteiger partial charge in [0.2, 0.25) is 0 Å². The molecule has 2 aromatic rings. The molecule has 0 amide bonds. The molecule has 18 heavy (non-hydrogen) atoms. The van der Waals surface area contributed by atoms with Gasteiger partial charge in [-0.3, -0.25) is 4.57 Å². The zero-order valence-corrected chi connectivity index (χ0v) is 10.8. The SMILES string of the molecule is COc1c(Cl)ncnc1-n1cnc2c1CCCC2. The van der Waals surface area contributed by atoms with Gasteiger partial charge in [0.25, 0.3) is 0 Å². The van der Waals surface area contributed by atoms with E-state index in [0.717, 1.165) is 18.5 Å². The number of fused-ring (bicyclic) bond motifs is 1. The zero-order chi connectivity index (χ0) is 12.5. The summed E-state index contributed by atoms with van der Waals surface area (Å²) < 4.78 is 7.24. The number of nitrogens with zero attached hydrogens (tertiary/aromatic N) is 4. The molecule has 6 heteroatoms. The fourth-order valence-corrected chi connectivity index (χ4v) is 2.55. The van der Waals surface area contributed by atoms with Crippen molar-refractivity contribution in [3.8, 4) is 11.6 Å². The molecule has 0 atom stereocenters. The topological polar surface area (TPSA) is 52.8 Å². The van der Waals surface area contributed by atoms with E-state index in [-0.39, 0.29) is 0 Å². The van der Waals surface area contributed by atoms with E-state index in [2.05, 4.69) is 15.0 Å². The minimum Gasteiger partial charge on any atom is -0.490 e. The molecule has 0 unspecified atom stereocenters. The molecular formula is C12H13ClN4O. The maximum atomic E-state index is 6.02. The van der Waals surface area contributed by atoms with Crippen LogP contribution in [0, 0.1) is 0 Å². The third-order valence-electron chi connectivity index (χ3n) is 3.20. The normalized spacial score (nSPS) is 14.3. The first-order chi connectivity index (χ1) is 8.81. The molecule has 0 bridgehead atoms. The van der Waals surface area contributed by atoms with Crippen molar-refractivity contribution >= 4 is 11.6 Å². The van der Waals surface area contributed by atoms with Gasteiger partial charge in [-0.25, -0.2) is 15.0 Å². The Morgan fingerprint density at radius 1 is 1.22 bits per heavy atom. The highest BCUT2D eigenvalue weighted by Gasteiger charge is 2.20. The number of rotatable bonds is 2. The van der Waals surface area contributed by atoms with Crippen LogP contribution in [-0.2, 0) is 12.8 Å². The van der Waals surface area contributed by atoms with Gasteiger partial charge >= 0.3 is 0 Å². The minimum atomic E-state index is 0.320. The van der Waals surface area contributed by atoms with Crippen molar-refractivity contribution in [1.82, 2.24) is 19.5 Å². The summed E-state index contributed by atoms with van der Waals surface area (Å²) in [5, 5.41) is 0.320. The maximum absolute atomic E-state index is 6.02. The van der Waals surface area contributed by atoms with E-state index in [0.29, 0.717) is 16.7 Å². The predicted molar refractivity (Wildman–Crippen MR) is 67.4 cm³/mol. The van der Waals surface area contributed by atoms with Gasteiger partial charge in [-0.05, 0) is 25.7 Å². The number of imidazole rings is 1. The Labute approximate surface area is 110 Å². The lowest BCUT2D eigenvalue weighted by Gasteiger charge is -2.15. The summed E-state index contributed by atoms with van der Waals surface area (Å²) >= 11 is 6.02. The van der Waals surface area contributed by atoms with E-state index in [1.54, 1.807) is 13.4 Å². The van der Waals surface area contributed by atoms with Crippen molar-refractivity contribution in [2.75, 3.05) is 7.11 Å². The summed E-state index contributed by atoms with van der Waals surface area (Å²) in [6.07, 6.45) is 7.65. The van der Waals surface area contributed by atoms with Crippen LogP contribution in [0.4, 0.5) is 0 Å². The molecule has 0 aliphatic heterocycles. The molecule has 0 saturated heterocycles. The fraction of sp³-hybridized carbons (Fsp3) is 0.417. The molecule has 0 spiro atoms. The van der Waals surface area contributed by atoms with Crippen molar-refractivity contribution in [3.63, 3.8) is 0 Å². The minimum absolute atomic E-state index is 0.320. The predicted octanol–water partition coefficient (Wildman–Crippen LogP) is 2.20. The summed E-state index contributed by atoms with van der Waals surface area (Å²) in [6, 6.07) is 0. The number of aryl methyl sites for hydroxylation is 1. The average Bonchev–Trinajstić information content (AvgIpc) is 2.82. The zero-order valence-electron chi connectivity index (χ0n) is 10.1. The van der Waals surface area contributed by atoms with E-state index in [4.69, 9.17) is 16.3 Å². The Morgan fingerprint density at radius 2 is 2.06 bits per heavy atom. The number of hydrogen-bond donors (Lipinski definition) is 0. The molecule has 0 fully saturated rings. The van der Waals surface area contributed by atoms with Crippen LogP contribution in [0.1, 0.15) is 24.2 Å². The van der Waals surface area contributed by atoms with E-state index < -0.39 is 0 Å². The Bertz CT molecular complexity index is 581. The average molecular weight is 265 g/mol. The van der Waals surface area contributed by atoms with Crippen LogP contribution in [-0.4, -0.2) is 26.6 Å². The van der Waals surface area contributed by atoms with Gasteiger partial charge in [-0.1, -0.05) is 11.6 Å². The Hall–Kier alpha value is -1.62. The van der Waals surface area contributed by atoms with Gasteiger partial charge in [-0.2, -0.15) is 0 Å². The van der Waals surface area contributed by atoms with E-state index in [9.17, 15) is 0 Å². The highest BCUT2D eigenvalue weighted by atomic mass is 35.5. The van der Waals surface area contributed by atoms with E-state index in [1.807, 2.05) is 4.57 Å². The second-order valence-electron chi connectivity index (χ2n) is 4.24. The van der Waals surface area contributed by atoms with Crippen molar-refractivity contribution in [1.29, 1.82) is 0 Å². The largest absolute Gasteiger partial charge is 0.490 e. The number of halogens is 1. The van der Waals surface area contributed by atoms with Gasteiger partial charge in [0, 0.05) is 5.69 Å². The van der Waals surface area contributed by atoms with Gasteiger partial charge in [-0.15, -0.1) is 0 Å². The van der Waals surface area contributed by atoms with E-state index >= 15 is 0 Å². The number of ether oxygens (including phenoxy) is 1. The van der Waals surface area contributed by atoms with Crippen molar-refractivity contribution in [2.45, 2.75) is 25.7 Å². The van der Waals surface area contributed by atoms with Crippen LogP contribution in [0.5, 0.6) is 5.75 Å². The third kappa shape index (κ3) is 1.75. The van der Waals surface area contributed by atoms with Crippen molar-refractivity contribution in [2.24, 2.45) is 0 Å². The van der Waals surface area contributed by atoms with Crippen molar-refractivity contribution < 1.29 is 4.74 Å². The molecule has 1 aliphatic carbocycles. The summed E-state index contributed by atoms with van der Waals surface area (Å²) in [5.74, 6) is 1.15. The highest BCUT2D eigenvalue weighted by molar-refractivity contribution is 6.31. The lowest BCUT2D eigenvalue weighted by Crippen LogP contribution is -2.09. The summed E-state index contributed by atoms with van der Waals surface area (Å²) in [6.45, 7) is 0. The van der Waals surface area contributed by atoms with Crippen LogP contribution in [0.2, 0.25) is 5.15 Å². The quantitative estimate of drug-likeness (QED) is 0.781. The molecule has 0 aromatic carbocycles. The molecule has 1 aliphatic rings. The summed E-state index contributed by atoms with van der Waals surface area (Å²) in [5.41, 5.74) is 2.35. The molecule has 0 saturated carbocycles. The van der Waals surface area contributed by atoms with Crippen LogP contribution >= 0.6 is 11.6 Å². The first-order valence-electron chi connectivity index (χ1n) is 5.91. The smallest absolute Gasteiger partial charge is 0.199 e. The van der Waals surface area contributed by atoms with Gasteiger partial charge < -0.3 is 4.74 Å². The molecular weight excluding hydrogens is 252 g/mol. The Balaban J connectivity index is 2.15. The summed E-state index contributed by atoms with van der Waals surface area (Å²) in [4.78, 5) is 12.6. The molecule has 0 radical (unpaired) electrons. The summed E-state index contributed by atoms with van der Waals surface area (Å²) in [7, 11) is 1.57. The first-order valence-corrected chi connectivity index (χ1v) is 6.29. The van der Waals surface area contributed by atoms with Crippen LogP contribution in [0.3, 0.4) is 0 Å². The third-order valence-corrected chi connectivity index (χ3v) is 3.47. The molecule has 94 valence electrons. The standard InChI is InChI=1S/C12H13ClN4O/c1-18-10-11(13)14-6-15-12(10)17-7-16-8-4-2-3-5-9(8)17/h6-7H,2-5H2,1H3. The number of methoxy groups -OCH3 is 1. The van der Waals surface area contributed by atoms with Gasteiger partial charge in [0.05, 0.1) is 12.8 Å². The van der Waals surface area contributed by atoms with Crippen LogP contribution < -0.4 is 4.74 Å². The lowest BCUT2D eigenvalue weighted by atomic mass is 10.0. The molecule has 0 N–H and O–H groups in total. The fourth-order valence-electron chi connectivity index (χ4n) is 2.34. The first kappa shape index (κ1) is 11.5. The number of aromatic nitrogens is 4. The monoisotopic (exact) mass is 264 g/mol. The molecule has 5 nitrogen and oxygen atoms in total. The lowest BCUT2D eigenvalue weighted by molar-refractivity contribution is 0.408. The number of hydrogen-bond acceptors (Lipinski definition) is 4. The molecule has 2 heterocycles. The molecule has 3 rings (SSSR count).